The average Bonchev–Trinajstić information content (AvgIpc) is 2.99. The summed E-state index contributed by atoms with van der Waals surface area (Å²) in [6.07, 6.45) is 2.13. The molecule has 0 bridgehead atoms. The molecule has 1 fully saturated rings. The van der Waals surface area contributed by atoms with E-state index in [9.17, 15) is 9.59 Å². The van der Waals surface area contributed by atoms with Crippen molar-refractivity contribution < 1.29 is 14.4 Å². The zero-order chi connectivity index (χ0) is 16.6. The SMILES string of the molecule is COC(=O)c1ccc2c(c1)cc(N1CCC[C@@H]1C)c(=O)n2OC. The fourth-order valence-corrected chi connectivity index (χ4v) is 3.20. The standard InChI is InChI=1S/C17H20N2O4/c1-11-5-4-8-18(11)15-10-13-9-12(17(21)22-2)6-7-14(13)19(23-3)16(15)20/h6-7,9-11H,4-5,8H2,1-3H3/t11-/m0/s1. The Labute approximate surface area is 134 Å². The number of hydrogen-bond acceptors (Lipinski definition) is 5. The minimum absolute atomic E-state index is 0.181. The van der Waals surface area contributed by atoms with Crippen molar-refractivity contribution in [3.63, 3.8) is 0 Å². The molecule has 0 N–H and O–H groups in total. The molecule has 1 saturated heterocycles. The van der Waals surface area contributed by atoms with E-state index in [0.29, 0.717) is 22.8 Å². The van der Waals surface area contributed by atoms with E-state index in [2.05, 4.69) is 11.8 Å². The molecular formula is C17H20N2O4. The van der Waals surface area contributed by atoms with Gasteiger partial charge in [-0.3, -0.25) is 4.79 Å². The van der Waals surface area contributed by atoms with Crippen LogP contribution in [0.4, 0.5) is 5.69 Å². The minimum atomic E-state index is -0.404. The maximum absolute atomic E-state index is 12.7. The van der Waals surface area contributed by atoms with Gasteiger partial charge in [0.2, 0.25) is 0 Å². The van der Waals surface area contributed by atoms with Gasteiger partial charge in [0.1, 0.15) is 12.8 Å². The lowest BCUT2D eigenvalue weighted by Crippen LogP contribution is -2.35. The van der Waals surface area contributed by atoms with Gasteiger partial charge in [-0.15, -0.1) is 4.73 Å². The predicted octanol–water partition coefficient (Wildman–Crippen LogP) is 1.84. The first-order valence-electron chi connectivity index (χ1n) is 7.66. The van der Waals surface area contributed by atoms with Gasteiger partial charge < -0.3 is 14.5 Å². The third-order valence-electron chi connectivity index (χ3n) is 4.41. The largest absolute Gasteiger partial charge is 0.465 e. The molecule has 1 aliphatic heterocycles. The Morgan fingerprint density at radius 1 is 1.26 bits per heavy atom. The van der Waals surface area contributed by atoms with Crippen molar-refractivity contribution >= 4 is 22.6 Å². The molecular weight excluding hydrogens is 296 g/mol. The first-order chi connectivity index (χ1) is 11.1. The number of carbonyl (C=O) groups is 1. The highest BCUT2D eigenvalue weighted by atomic mass is 16.6. The van der Waals surface area contributed by atoms with Gasteiger partial charge in [-0.1, -0.05) is 0 Å². The van der Waals surface area contributed by atoms with Crippen molar-refractivity contribution in [1.29, 1.82) is 0 Å². The molecule has 0 radical (unpaired) electrons. The number of ether oxygens (including phenoxy) is 1. The van der Waals surface area contributed by atoms with Crippen LogP contribution in [-0.4, -0.2) is 37.5 Å². The second-order valence-corrected chi connectivity index (χ2v) is 5.76. The number of fused-ring (bicyclic) bond motifs is 1. The number of benzene rings is 1. The summed E-state index contributed by atoms with van der Waals surface area (Å²) in [6.45, 7) is 2.96. The number of carbonyl (C=O) groups excluding carboxylic acids is 1. The van der Waals surface area contributed by atoms with Gasteiger partial charge >= 0.3 is 11.5 Å². The van der Waals surface area contributed by atoms with Gasteiger partial charge in [-0.25, -0.2) is 4.79 Å². The molecule has 6 heteroatoms. The zero-order valence-electron chi connectivity index (χ0n) is 13.5. The van der Waals surface area contributed by atoms with Gasteiger partial charge in [-0.05, 0) is 44.0 Å². The Bertz CT molecular complexity index is 812. The smallest absolute Gasteiger partial charge is 0.337 e. The molecule has 0 saturated carbocycles. The number of methoxy groups -OCH3 is 1. The third kappa shape index (κ3) is 2.54. The highest BCUT2D eigenvalue weighted by Crippen LogP contribution is 2.26. The molecule has 6 nitrogen and oxygen atoms in total. The normalized spacial score (nSPS) is 17.5. The molecule has 23 heavy (non-hydrogen) atoms. The van der Waals surface area contributed by atoms with Crippen molar-refractivity contribution in [2.45, 2.75) is 25.8 Å². The van der Waals surface area contributed by atoms with Crippen molar-refractivity contribution in [2.75, 3.05) is 25.7 Å². The van der Waals surface area contributed by atoms with Crippen molar-refractivity contribution in [3.05, 3.63) is 40.2 Å². The second kappa shape index (κ2) is 5.95. The van der Waals surface area contributed by atoms with Crippen molar-refractivity contribution in [1.82, 2.24) is 4.73 Å². The summed E-state index contributed by atoms with van der Waals surface area (Å²) < 4.78 is 6.04. The number of anilines is 1. The highest BCUT2D eigenvalue weighted by Gasteiger charge is 2.24. The molecule has 0 aliphatic carbocycles. The summed E-state index contributed by atoms with van der Waals surface area (Å²) in [4.78, 5) is 31.8. The van der Waals surface area contributed by atoms with Crippen LogP contribution in [0.1, 0.15) is 30.1 Å². The molecule has 0 amide bonds. The molecule has 122 valence electrons. The maximum atomic E-state index is 12.7. The quantitative estimate of drug-likeness (QED) is 0.809. The second-order valence-electron chi connectivity index (χ2n) is 5.76. The van der Waals surface area contributed by atoms with Crippen LogP contribution in [0.2, 0.25) is 0 Å². The fraction of sp³-hybridized carbons (Fsp3) is 0.412. The zero-order valence-corrected chi connectivity index (χ0v) is 13.5. The van der Waals surface area contributed by atoms with Crippen LogP contribution in [0.25, 0.3) is 10.9 Å². The molecule has 3 rings (SSSR count). The van der Waals surface area contributed by atoms with Gasteiger partial charge in [0, 0.05) is 18.0 Å². The van der Waals surface area contributed by atoms with Crippen LogP contribution in [0, 0.1) is 0 Å². The lowest BCUT2D eigenvalue weighted by molar-refractivity contribution is 0.0601. The van der Waals surface area contributed by atoms with E-state index in [0.717, 1.165) is 24.8 Å². The Kier molecular flexibility index (Phi) is 3.98. The summed E-state index contributed by atoms with van der Waals surface area (Å²) in [7, 11) is 2.81. The van der Waals surface area contributed by atoms with Crippen LogP contribution < -0.4 is 15.3 Å². The van der Waals surface area contributed by atoms with Crippen LogP contribution in [0.15, 0.2) is 29.1 Å². The van der Waals surface area contributed by atoms with Gasteiger partial charge in [0.05, 0.1) is 18.2 Å². The number of esters is 1. The first-order valence-corrected chi connectivity index (χ1v) is 7.66. The van der Waals surface area contributed by atoms with Gasteiger partial charge in [-0.2, -0.15) is 0 Å². The third-order valence-corrected chi connectivity index (χ3v) is 4.41. The lowest BCUT2D eigenvalue weighted by Gasteiger charge is -2.24. The summed E-state index contributed by atoms with van der Waals surface area (Å²) in [5.74, 6) is -0.404. The van der Waals surface area contributed by atoms with Crippen LogP contribution >= 0.6 is 0 Å². The number of hydrogen-bond donors (Lipinski definition) is 0. The van der Waals surface area contributed by atoms with Crippen molar-refractivity contribution in [2.24, 2.45) is 0 Å². The van der Waals surface area contributed by atoms with Crippen LogP contribution in [0.3, 0.4) is 0 Å². The Morgan fingerprint density at radius 2 is 2.04 bits per heavy atom. The van der Waals surface area contributed by atoms with E-state index in [1.807, 2.05) is 6.07 Å². The van der Waals surface area contributed by atoms with E-state index in [1.54, 1.807) is 18.2 Å². The molecule has 1 aromatic heterocycles. The van der Waals surface area contributed by atoms with E-state index in [-0.39, 0.29) is 5.56 Å². The minimum Gasteiger partial charge on any atom is -0.465 e. The average molecular weight is 316 g/mol. The van der Waals surface area contributed by atoms with E-state index >= 15 is 0 Å². The van der Waals surface area contributed by atoms with Crippen molar-refractivity contribution in [3.8, 4) is 0 Å². The Hall–Kier alpha value is -2.50. The van der Waals surface area contributed by atoms with Gasteiger partial charge in [0.25, 0.3) is 0 Å². The molecule has 2 heterocycles. The fourth-order valence-electron chi connectivity index (χ4n) is 3.20. The molecule has 0 spiro atoms. The summed E-state index contributed by atoms with van der Waals surface area (Å²) >= 11 is 0. The summed E-state index contributed by atoms with van der Waals surface area (Å²) in [5, 5.41) is 0.767. The molecule has 1 atom stereocenters. The van der Waals surface area contributed by atoms with E-state index in [1.165, 1.54) is 19.0 Å². The molecule has 1 aliphatic rings. The predicted molar refractivity (Wildman–Crippen MR) is 88.1 cm³/mol. The Balaban J connectivity index is 2.23. The number of rotatable bonds is 3. The number of aromatic nitrogens is 1. The number of nitrogens with zero attached hydrogens (tertiary/aromatic N) is 2. The highest BCUT2D eigenvalue weighted by molar-refractivity contribution is 5.95. The molecule has 2 aromatic rings. The van der Waals surface area contributed by atoms with E-state index in [4.69, 9.17) is 9.57 Å². The molecule has 0 unspecified atom stereocenters. The topological polar surface area (TPSA) is 60.8 Å². The maximum Gasteiger partial charge on any atom is 0.337 e. The van der Waals surface area contributed by atoms with Crippen LogP contribution in [-0.2, 0) is 4.74 Å². The Morgan fingerprint density at radius 3 is 2.65 bits per heavy atom. The summed E-state index contributed by atoms with van der Waals surface area (Å²) in [6, 6.07) is 7.20. The van der Waals surface area contributed by atoms with Gasteiger partial charge in [0.15, 0.2) is 0 Å². The monoisotopic (exact) mass is 316 g/mol. The summed E-state index contributed by atoms with van der Waals surface area (Å²) in [5.41, 5.74) is 1.49. The van der Waals surface area contributed by atoms with E-state index < -0.39 is 5.97 Å². The van der Waals surface area contributed by atoms with Crippen LogP contribution in [0.5, 0.6) is 0 Å². The first kappa shape index (κ1) is 15.4. The molecule has 1 aromatic carbocycles. The lowest BCUT2D eigenvalue weighted by atomic mass is 10.1. The number of pyridine rings is 1.